The molecule has 0 radical (unpaired) electrons. The van der Waals surface area contributed by atoms with Crippen molar-refractivity contribution in [2.24, 2.45) is 0 Å². The summed E-state index contributed by atoms with van der Waals surface area (Å²) < 4.78 is 1.03. The first kappa shape index (κ1) is 15.3. The smallest absolute Gasteiger partial charge is 0.360 e. The normalized spacial score (nSPS) is 25.0. The third-order valence-electron chi connectivity index (χ3n) is 4.55. The highest BCUT2D eigenvalue weighted by atomic mass is 16.4. The highest BCUT2D eigenvalue weighted by Crippen LogP contribution is 2.47. The van der Waals surface area contributed by atoms with Crippen LogP contribution < -0.4 is 5.32 Å². The molecule has 3 unspecified atom stereocenters. The van der Waals surface area contributed by atoms with E-state index in [0.717, 1.165) is 10.2 Å². The van der Waals surface area contributed by atoms with Crippen molar-refractivity contribution in [3.05, 3.63) is 78.1 Å². The number of hydrogen-bond acceptors (Lipinski definition) is 5. The van der Waals surface area contributed by atoms with Crippen LogP contribution in [0, 0.1) is 0 Å². The van der Waals surface area contributed by atoms with Crippen molar-refractivity contribution in [3.63, 3.8) is 0 Å². The Balaban J connectivity index is 1.97. The third-order valence-corrected chi connectivity index (χ3v) is 4.55. The average molecular weight is 336 g/mol. The molecule has 0 bridgehead atoms. The van der Waals surface area contributed by atoms with Crippen LogP contribution in [0.2, 0.25) is 0 Å². The Morgan fingerprint density at radius 3 is 2.24 bits per heavy atom. The molecule has 2 heterocycles. The first-order valence-corrected chi connectivity index (χ1v) is 7.85. The summed E-state index contributed by atoms with van der Waals surface area (Å²) in [4.78, 5) is 16.2. The minimum Gasteiger partial charge on any atom is -0.478 e. The molecule has 3 N–H and O–H groups in total. The molecule has 4 rings (SSSR count). The fraction of sp³-hybridized carbons (Fsp3) is 0.167. The van der Waals surface area contributed by atoms with E-state index < -0.39 is 23.7 Å². The summed E-state index contributed by atoms with van der Waals surface area (Å²) in [5.41, 5.74) is -0.723. The molecule has 1 aliphatic heterocycles. The molecule has 126 valence electrons. The molecular formula is C18H16N4O3. The molecule has 1 aromatic heterocycles. The number of aromatic nitrogens is 3. The zero-order valence-corrected chi connectivity index (χ0v) is 13.1. The summed E-state index contributed by atoms with van der Waals surface area (Å²) in [7, 11) is 0. The zero-order valence-electron chi connectivity index (χ0n) is 13.1. The number of nitrogens with zero attached hydrogens (tertiary/aromatic N) is 3. The molecule has 0 aliphatic carbocycles. The third kappa shape index (κ3) is 2.28. The second kappa shape index (κ2) is 5.71. The summed E-state index contributed by atoms with van der Waals surface area (Å²) in [5, 5.41) is 28.3. The van der Waals surface area contributed by atoms with E-state index in [0.29, 0.717) is 5.56 Å². The van der Waals surface area contributed by atoms with E-state index in [-0.39, 0.29) is 5.95 Å². The number of carbonyl (C=O) groups is 1. The molecule has 3 aromatic rings. The van der Waals surface area contributed by atoms with Gasteiger partial charge in [-0.05, 0) is 11.1 Å². The van der Waals surface area contributed by atoms with Crippen molar-refractivity contribution in [2.75, 3.05) is 5.32 Å². The maximum atomic E-state index is 12.1. The lowest BCUT2D eigenvalue weighted by Crippen LogP contribution is -2.54. The number of nitrogens with one attached hydrogen (secondary N) is 1. The van der Waals surface area contributed by atoms with Gasteiger partial charge in [0.05, 0.1) is 12.0 Å². The van der Waals surface area contributed by atoms with Gasteiger partial charge < -0.3 is 15.5 Å². The fourth-order valence-electron chi connectivity index (χ4n) is 3.42. The number of anilines is 1. The summed E-state index contributed by atoms with van der Waals surface area (Å²) >= 11 is 0. The average Bonchev–Trinajstić information content (AvgIpc) is 3.12. The Labute approximate surface area is 143 Å². The molecule has 1 aliphatic rings. The van der Waals surface area contributed by atoms with Crippen LogP contribution in [0.15, 0.2) is 67.0 Å². The summed E-state index contributed by atoms with van der Waals surface area (Å²) in [6.07, 6.45) is 1.23. The SMILES string of the molecule is O=C(O)C1(O)C(c2ccccc2)C(c2ccccc2)Nc2ncnn21. The van der Waals surface area contributed by atoms with Crippen LogP contribution in [0.3, 0.4) is 0 Å². The van der Waals surface area contributed by atoms with Crippen molar-refractivity contribution in [2.45, 2.75) is 17.7 Å². The maximum absolute atomic E-state index is 12.1. The lowest BCUT2D eigenvalue weighted by atomic mass is 9.78. The molecule has 2 aromatic carbocycles. The molecule has 3 atom stereocenters. The largest absolute Gasteiger partial charge is 0.478 e. The molecule has 0 spiro atoms. The van der Waals surface area contributed by atoms with Gasteiger partial charge in [0.25, 0.3) is 5.72 Å². The molecular weight excluding hydrogens is 320 g/mol. The van der Waals surface area contributed by atoms with Gasteiger partial charge in [-0.15, -0.1) is 0 Å². The van der Waals surface area contributed by atoms with Crippen molar-refractivity contribution in [1.82, 2.24) is 14.8 Å². The summed E-state index contributed by atoms with van der Waals surface area (Å²) in [5.74, 6) is -1.97. The number of benzene rings is 2. The standard InChI is InChI=1S/C18H16N4O3/c23-16(24)18(25)14(12-7-3-1-4-8-12)15(13-9-5-2-6-10-13)21-17-19-11-20-22(17)18/h1-11,14-15,25H,(H,23,24)(H,19,20,21). The van der Waals surface area contributed by atoms with E-state index in [1.807, 2.05) is 48.5 Å². The van der Waals surface area contributed by atoms with Gasteiger partial charge in [0.1, 0.15) is 6.33 Å². The Hall–Kier alpha value is -3.19. The lowest BCUT2D eigenvalue weighted by Gasteiger charge is -2.42. The predicted octanol–water partition coefficient (Wildman–Crippen LogP) is 1.96. The monoisotopic (exact) mass is 336 g/mol. The van der Waals surface area contributed by atoms with E-state index in [1.54, 1.807) is 12.1 Å². The lowest BCUT2D eigenvalue weighted by molar-refractivity contribution is -0.179. The second-order valence-corrected chi connectivity index (χ2v) is 5.95. The van der Waals surface area contributed by atoms with Crippen LogP contribution in [0.25, 0.3) is 0 Å². The molecule has 7 heteroatoms. The van der Waals surface area contributed by atoms with Gasteiger partial charge in [-0.3, -0.25) is 0 Å². The summed E-state index contributed by atoms with van der Waals surface area (Å²) in [6.45, 7) is 0. The van der Waals surface area contributed by atoms with Gasteiger partial charge in [-0.25, -0.2) is 4.79 Å². The van der Waals surface area contributed by atoms with Gasteiger partial charge in [0, 0.05) is 0 Å². The van der Waals surface area contributed by atoms with Crippen molar-refractivity contribution >= 4 is 11.9 Å². The van der Waals surface area contributed by atoms with Crippen molar-refractivity contribution in [3.8, 4) is 0 Å². The van der Waals surface area contributed by atoms with Crippen LogP contribution in [0.1, 0.15) is 23.1 Å². The number of hydrogen-bond donors (Lipinski definition) is 3. The van der Waals surface area contributed by atoms with Crippen LogP contribution in [0.5, 0.6) is 0 Å². The van der Waals surface area contributed by atoms with Crippen molar-refractivity contribution in [1.29, 1.82) is 0 Å². The predicted molar refractivity (Wildman–Crippen MR) is 89.8 cm³/mol. The van der Waals surface area contributed by atoms with Crippen LogP contribution in [-0.2, 0) is 10.5 Å². The second-order valence-electron chi connectivity index (χ2n) is 5.95. The van der Waals surface area contributed by atoms with Gasteiger partial charge in [-0.2, -0.15) is 14.8 Å². The number of aliphatic hydroxyl groups is 1. The van der Waals surface area contributed by atoms with E-state index in [2.05, 4.69) is 15.4 Å². The fourth-order valence-corrected chi connectivity index (χ4v) is 3.42. The number of carboxylic acid groups (broad SMARTS) is 1. The van der Waals surface area contributed by atoms with E-state index >= 15 is 0 Å². The maximum Gasteiger partial charge on any atom is 0.360 e. The number of carboxylic acids is 1. The number of fused-ring (bicyclic) bond motifs is 1. The molecule has 25 heavy (non-hydrogen) atoms. The van der Waals surface area contributed by atoms with Gasteiger partial charge in [-0.1, -0.05) is 60.7 Å². The molecule has 0 saturated heterocycles. The molecule has 0 fully saturated rings. The van der Waals surface area contributed by atoms with E-state index in [9.17, 15) is 15.0 Å². The molecule has 0 saturated carbocycles. The van der Waals surface area contributed by atoms with Gasteiger partial charge >= 0.3 is 5.97 Å². The quantitative estimate of drug-likeness (QED) is 0.676. The van der Waals surface area contributed by atoms with Crippen LogP contribution >= 0.6 is 0 Å². The Morgan fingerprint density at radius 1 is 1.04 bits per heavy atom. The number of rotatable bonds is 3. The Bertz CT molecular complexity index is 897. The first-order chi connectivity index (χ1) is 12.1. The Morgan fingerprint density at radius 2 is 1.64 bits per heavy atom. The van der Waals surface area contributed by atoms with E-state index in [1.165, 1.54) is 6.33 Å². The zero-order chi connectivity index (χ0) is 17.4. The molecule has 0 amide bonds. The topological polar surface area (TPSA) is 100 Å². The van der Waals surface area contributed by atoms with Crippen LogP contribution in [0.4, 0.5) is 5.95 Å². The van der Waals surface area contributed by atoms with Gasteiger partial charge in [0.15, 0.2) is 0 Å². The summed E-state index contributed by atoms with van der Waals surface area (Å²) in [6, 6.07) is 18.0. The van der Waals surface area contributed by atoms with Gasteiger partial charge in [0.2, 0.25) is 5.95 Å². The highest BCUT2D eigenvalue weighted by Gasteiger charge is 2.56. The Kier molecular flexibility index (Phi) is 3.51. The first-order valence-electron chi connectivity index (χ1n) is 7.85. The molecule has 7 nitrogen and oxygen atoms in total. The highest BCUT2D eigenvalue weighted by molar-refractivity contribution is 5.78. The number of aliphatic carboxylic acids is 1. The minimum atomic E-state index is -2.26. The van der Waals surface area contributed by atoms with E-state index in [4.69, 9.17) is 0 Å². The minimum absolute atomic E-state index is 0.214. The van der Waals surface area contributed by atoms with Crippen LogP contribution in [-0.4, -0.2) is 30.9 Å². The van der Waals surface area contributed by atoms with Crippen molar-refractivity contribution < 1.29 is 15.0 Å².